The van der Waals surface area contributed by atoms with Crippen molar-refractivity contribution in [3.05, 3.63) is 38.9 Å². The second kappa shape index (κ2) is 4.83. The van der Waals surface area contributed by atoms with Crippen LogP contribution in [0.5, 0.6) is 0 Å². The summed E-state index contributed by atoms with van der Waals surface area (Å²) in [6.45, 7) is 4.10. The molecule has 0 radical (unpaired) electrons. The summed E-state index contributed by atoms with van der Waals surface area (Å²) in [5, 5.41) is 2.53. The first kappa shape index (κ1) is 12.8. The monoisotopic (exact) mass is 318 g/mol. The van der Waals surface area contributed by atoms with Gasteiger partial charge in [-0.05, 0) is 42.5 Å². The summed E-state index contributed by atoms with van der Waals surface area (Å²) in [6.07, 6.45) is 2.16. The molecule has 3 heterocycles. The third kappa shape index (κ3) is 1.91. The Balaban J connectivity index is 1.86. The van der Waals surface area contributed by atoms with Crippen LogP contribution >= 0.6 is 34.9 Å². The van der Waals surface area contributed by atoms with Crippen LogP contribution in [-0.4, -0.2) is 29.4 Å². The largest absolute Gasteiger partial charge is 0.316 e. The molecule has 5 heteroatoms. The number of hydrogen-bond donors (Lipinski definition) is 0. The van der Waals surface area contributed by atoms with Crippen LogP contribution in [0, 0.1) is 6.92 Å². The van der Waals surface area contributed by atoms with Crippen LogP contribution in [0.3, 0.4) is 0 Å². The zero-order chi connectivity index (χ0) is 13.7. The van der Waals surface area contributed by atoms with Gasteiger partial charge in [-0.25, -0.2) is 0 Å². The van der Waals surface area contributed by atoms with Gasteiger partial charge < -0.3 is 4.90 Å². The molecule has 0 atom stereocenters. The average Bonchev–Trinajstić information content (AvgIpc) is 3.09. The average molecular weight is 318 g/mol. The summed E-state index contributed by atoms with van der Waals surface area (Å²) < 4.78 is 2.75. The third-order valence-corrected chi connectivity index (χ3v) is 6.89. The number of thioether (sulfide) groups is 2. The molecule has 1 aromatic heterocycles. The summed E-state index contributed by atoms with van der Waals surface area (Å²) in [4.78, 5) is 8.35. The number of aliphatic imine (C=N–C) groups is 1. The molecule has 0 fully saturated rings. The minimum atomic E-state index is 0.928. The lowest BCUT2D eigenvalue weighted by atomic mass is 10.2. The van der Waals surface area contributed by atoms with Gasteiger partial charge in [-0.15, -0.1) is 23.1 Å². The van der Waals surface area contributed by atoms with Gasteiger partial charge in [0.15, 0.2) is 5.17 Å². The molecule has 20 heavy (non-hydrogen) atoms. The first-order chi connectivity index (χ1) is 9.76. The van der Waals surface area contributed by atoms with Gasteiger partial charge in [0.25, 0.3) is 0 Å². The van der Waals surface area contributed by atoms with Crippen LogP contribution in [0.25, 0.3) is 15.8 Å². The van der Waals surface area contributed by atoms with E-state index in [4.69, 9.17) is 0 Å². The summed E-state index contributed by atoms with van der Waals surface area (Å²) in [5.74, 6) is 0. The van der Waals surface area contributed by atoms with Gasteiger partial charge in [0.05, 0.1) is 21.4 Å². The molecule has 0 saturated carbocycles. The number of rotatable bonds is 2. The number of nitrogens with zero attached hydrogens (tertiary/aromatic N) is 2. The van der Waals surface area contributed by atoms with E-state index in [1.54, 1.807) is 0 Å². The quantitative estimate of drug-likeness (QED) is 0.803. The zero-order valence-electron chi connectivity index (χ0n) is 11.3. The SMILES string of the molecule is CSC1=C(c2cc3cc(C)ccc3s2)N2CCN=C2S1. The molecule has 0 bridgehead atoms. The Morgan fingerprint density at radius 1 is 1.30 bits per heavy atom. The van der Waals surface area contributed by atoms with Crippen molar-refractivity contribution in [2.24, 2.45) is 4.99 Å². The maximum atomic E-state index is 4.59. The number of aryl methyl sites for hydroxylation is 1. The molecule has 1 aromatic carbocycles. The topological polar surface area (TPSA) is 15.6 Å². The van der Waals surface area contributed by atoms with Gasteiger partial charge in [-0.3, -0.25) is 4.99 Å². The van der Waals surface area contributed by atoms with Gasteiger partial charge in [0.2, 0.25) is 0 Å². The molecular formula is C15H14N2S3. The fraction of sp³-hybridized carbons (Fsp3) is 0.267. The number of amidine groups is 1. The zero-order valence-corrected chi connectivity index (χ0v) is 13.8. The molecule has 0 aliphatic carbocycles. The van der Waals surface area contributed by atoms with E-state index in [1.807, 2.05) is 34.9 Å². The van der Waals surface area contributed by atoms with Crippen molar-refractivity contribution >= 4 is 55.8 Å². The Morgan fingerprint density at radius 2 is 2.20 bits per heavy atom. The highest BCUT2D eigenvalue weighted by Gasteiger charge is 2.33. The number of fused-ring (bicyclic) bond motifs is 2. The molecule has 102 valence electrons. The molecule has 2 aliphatic heterocycles. The third-order valence-electron chi connectivity index (χ3n) is 3.54. The Morgan fingerprint density at radius 3 is 3.05 bits per heavy atom. The molecule has 0 amide bonds. The van der Waals surface area contributed by atoms with Crippen LogP contribution < -0.4 is 0 Å². The van der Waals surface area contributed by atoms with Crippen molar-refractivity contribution in [2.45, 2.75) is 6.92 Å². The summed E-state index contributed by atoms with van der Waals surface area (Å²) in [6, 6.07) is 9.04. The molecule has 2 aromatic rings. The van der Waals surface area contributed by atoms with Crippen LogP contribution in [0.15, 0.2) is 33.5 Å². The van der Waals surface area contributed by atoms with Gasteiger partial charge in [0, 0.05) is 11.2 Å². The Kier molecular flexibility index (Phi) is 3.09. The molecule has 0 spiro atoms. The minimum absolute atomic E-state index is 0.928. The lowest BCUT2D eigenvalue weighted by Gasteiger charge is -2.15. The van der Waals surface area contributed by atoms with Crippen molar-refractivity contribution in [1.82, 2.24) is 4.90 Å². The first-order valence-electron chi connectivity index (χ1n) is 6.55. The lowest BCUT2D eigenvalue weighted by Crippen LogP contribution is -2.19. The van der Waals surface area contributed by atoms with E-state index in [0.717, 1.165) is 13.1 Å². The van der Waals surface area contributed by atoms with Crippen molar-refractivity contribution in [2.75, 3.05) is 19.3 Å². The maximum absolute atomic E-state index is 4.59. The Labute approximate surface area is 131 Å². The fourth-order valence-corrected chi connectivity index (χ4v) is 5.75. The summed E-state index contributed by atoms with van der Waals surface area (Å²) in [5.41, 5.74) is 2.70. The molecule has 2 aliphatic rings. The van der Waals surface area contributed by atoms with E-state index >= 15 is 0 Å². The molecule has 0 unspecified atom stereocenters. The standard InChI is InChI=1S/C15H14N2S3/c1-9-3-4-11-10(7-9)8-12(19-11)13-14(18-2)20-15-16-5-6-17(13)15/h3-4,7-8H,5-6H2,1-2H3. The van der Waals surface area contributed by atoms with Gasteiger partial charge >= 0.3 is 0 Å². The van der Waals surface area contributed by atoms with E-state index < -0.39 is 0 Å². The molecule has 0 N–H and O–H groups in total. The minimum Gasteiger partial charge on any atom is -0.316 e. The summed E-state index contributed by atoms with van der Waals surface area (Å²) >= 11 is 5.54. The van der Waals surface area contributed by atoms with Gasteiger partial charge in [-0.1, -0.05) is 17.7 Å². The molecular weight excluding hydrogens is 304 g/mol. The van der Waals surface area contributed by atoms with E-state index in [9.17, 15) is 0 Å². The first-order valence-corrected chi connectivity index (χ1v) is 9.41. The van der Waals surface area contributed by atoms with Crippen LogP contribution in [0.2, 0.25) is 0 Å². The van der Waals surface area contributed by atoms with Crippen molar-refractivity contribution < 1.29 is 0 Å². The second-order valence-corrected chi connectivity index (χ2v) is 8.05. The van der Waals surface area contributed by atoms with Crippen LogP contribution in [-0.2, 0) is 0 Å². The predicted octanol–water partition coefficient (Wildman–Crippen LogP) is 4.62. The normalized spacial score (nSPS) is 18.1. The Bertz CT molecular complexity index is 758. The van der Waals surface area contributed by atoms with Crippen molar-refractivity contribution in [3.8, 4) is 0 Å². The smallest absolute Gasteiger partial charge is 0.169 e. The lowest BCUT2D eigenvalue weighted by molar-refractivity contribution is 0.651. The number of benzene rings is 1. The van der Waals surface area contributed by atoms with Gasteiger partial charge in [-0.2, -0.15) is 0 Å². The van der Waals surface area contributed by atoms with Gasteiger partial charge in [0.1, 0.15) is 0 Å². The second-order valence-electron chi connectivity index (χ2n) is 4.91. The predicted molar refractivity (Wildman–Crippen MR) is 93.6 cm³/mol. The van der Waals surface area contributed by atoms with Crippen molar-refractivity contribution in [1.29, 1.82) is 0 Å². The number of thiophene rings is 1. The highest BCUT2D eigenvalue weighted by Crippen LogP contribution is 2.48. The molecule has 2 nitrogen and oxygen atoms in total. The van der Waals surface area contributed by atoms with E-state index in [1.165, 1.54) is 35.6 Å². The highest BCUT2D eigenvalue weighted by atomic mass is 32.2. The maximum Gasteiger partial charge on any atom is 0.169 e. The number of hydrogen-bond acceptors (Lipinski definition) is 5. The van der Waals surface area contributed by atoms with E-state index in [-0.39, 0.29) is 0 Å². The van der Waals surface area contributed by atoms with Crippen molar-refractivity contribution in [3.63, 3.8) is 0 Å². The Hall–Kier alpha value is -0.910. The highest BCUT2D eigenvalue weighted by molar-refractivity contribution is 8.30. The van der Waals surface area contributed by atoms with E-state index in [0.29, 0.717) is 0 Å². The van der Waals surface area contributed by atoms with Crippen LogP contribution in [0.4, 0.5) is 0 Å². The van der Waals surface area contributed by atoms with E-state index in [2.05, 4.69) is 47.3 Å². The molecule has 0 saturated heterocycles. The summed E-state index contributed by atoms with van der Waals surface area (Å²) in [7, 11) is 0. The van der Waals surface area contributed by atoms with Crippen LogP contribution in [0.1, 0.15) is 10.4 Å². The fourth-order valence-electron chi connectivity index (χ4n) is 2.61. The molecule has 4 rings (SSSR count).